The number of ether oxygens (including phenoxy) is 1. The molecule has 0 bridgehead atoms. The molecule has 8 nitrogen and oxygen atoms in total. The standard InChI is InChI=1S/C16H14N6O2/c1-9-5-3-4-6-10(9)13-21-22-16(24-13)20-15-18-11-7-8-17-14(23-2)12(11)19-15/h3-8H,1-2H3,(H2,18,19,20,22). The van der Waals surface area contributed by atoms with E-state index < -0.39 is 0 Å². The molecule has 0 aliphatic carbocycles. The molecule has 120 valence electrons. The van der Waals surface area contributed by atoms with Crippen molar-refractivity contribution < 1.29 is 9.15 Å². The Morgan fingerprint density at radius 3 is 2.88 bits per heavy atom. The molecule has 0 saturated heterocycles. The first-order valence-corrected chi connectivity index (χ1v) is 7.30. The Labute approximate surface area is 136 Å². The molecule has 0 saturated carbocycles. The van der Waals surface area contributed by atoms with Crippen LogP contribution in [0.5, 0.6) is 5.88 Å². The average Bonchev–Trinajstić information content (AvgIpc) is 3.21. The van der Waals surface area contributed by atoms with Crippen LogP contribution in [0.1, 0.15) is 5.56 Å². The number of nitrogens with one attached hydrogen (secondary N) is 2. The second-order valence-corrected chi connectivity index (χ2v) is 5.15. The summed E-state index contributed by atoms with van der Waals surface area (Å²) in [5.41, 5.74) is 3.38. The van der Waals surface area contributed by atoms with Crippen LogP contribution in [-0.2, 0) is 0 Å². The van der Waals surface area contributed by atoms with Gasteiger partial charge in [0.05, 0.1) is 12.6 Å². The number of hydrogen-bond donors (Lipinski definition) is 2. The molecule has 3 aromatic heterocycles. The molecule has 3 heterocycles. The maximum Gasteiger partial charge on any atom is 0.322 e. The van der Waals surface area contributed by atoms with Crippen LogP contribution >= 0.6 is 0 Å². The first kappa shape index (κ1) is 14.2. The normalized spacial score (nSPS) is 10.9. The average molecular weight is 322 g/mol. The third-order valence-electron chi connectivity index (χ3n) is 3.59. The second-order valence-electron chi connectivity index (χ2n) is 5.15. The molecule has 0 unspecified atom stereocenters. The number of benzene rings is 1. The van der Waals surface area contributed by atoms with Crippen molar-refractivity contribution in [3.8, 4) is 17.3 Å². The molecule has 0 radical (unpaired) electrons. The van der Waals surface area contributed by atoms with Crippen molar-refractivity contribution in [2.24, 2.45) is 0 Å². The molecule has 2 N–H and O–H groups in total. The quantitative estimate of drug-likeness (QED) is 0.595. The van der Waals surface area contributed by atoms with Gasteiger partial charge in [-0.25, -0.2) is 9.97 Å². The predicted octanol–water partition coefficient (Wildman–Crippen LogP) is 3.07. The van der Waals surface area contributed by atoms with Gasteiger partial charge in [-0.15, -0.1) is 5.10 Å². The van der Waals surface area contributed by atoms with Gasteiger partial charge in [-0.3, -0.25) is 5.32 Å². The highest BCUT2D eigenvalue weighted by molar-refractivity contribution is 5.82. The first-order valence-electron chi connectivity index (χ1n) is 7.30. The summed E-state index contributed by atoms with van der Waals surface area (Å²) in [6, 6.07) is 9.87. The van der Waals surface area contributed by atoms with Gasteiger partial charge in [0.1, 0.15) is 0 Å². The van der Waals surface area contributed by atoms with Crippen LogP contribution in [-0.4, -0.2) is 32.3 Å². The zero-order valence-electron chi connectivity index (χ0n) is 13.1. The van der Waals surface area contributed by atoms with Gasteiger partial charge in [0, 0.05) is 11.8 Å². The van der Waals surface area contributed by atoms with E-state index in [-0.39, 0.29) is 6.01 Å². The summed E-state index contributed by atoms with van der Waals surface area (Å²) in [6.07, 6.45) is 1.64. The zero-order valence-corrected chi connectivity index (χ0v) is 13.1. The highest BCUT2D eigenvalue weighted by Gasteiger charge is 2.13. The molecule has 4 rings (SSSR count). The fourth-order valence-electron chi connectivity index (χ4n) is 2.42. The Morgan fingerprint density at radius 2 is 2.04 bits per heavy atom. The van der Waals surface area contributed by atoms with E-state index in [0.717, 1.165) is 16.6 Å². The van der Waals surface area contributed by atoms with E-state index >= 15 is 0 Å². The van der Waals surface area contributed by atoms with Crippen molar-refractivity contribution in [3.05, 3.63) is 42.1 Å². The number of aromatic amines is 1. The van der Waals surface area contributed by atoms with E-state index in [0.29, 0.717) is 23.2 Å². The number of fused-ring (bicyclic) bond motifs is 1. The number of anilines is 2. The maximum absolute atomic E-state index is 5.67. The minimum Gasteiger partial charge on any atom is -0.479 e. The van der Waals surface area contributed by atoms with E-state index in [4.69, 9.17) is 9.15 Å². The number of aromatic nitrogens is 5. The third kappa shape index (κ3) is 2.43. The summed E-state index contributed by atoms with van der Waals surface area (Å²) >= 11 is 0. The Hall–Kier alpha value is -3.42. The van der Waals surface area contributed by atoms with Crippen LogP contribution in [0.15, 0.2) is 40.9 Å². The zero-order chi connectivity index (χ0) is 16.5. The largest absolute Gasteiger partial charge is 0.479 e. The Balaban J connectivity index is 1.64. The number of hydrogen-bond acceptors (Lipinski definition) is 7. The van der Waals surface area contributed by atoms with Gasteiger partial charge in [0.15, 0.2) is 5.52 Å². The minimum absolute atomic E-state index is 0.249. The summed E-state index contributed by atoms with van der Waals surface area (Å²) in [5, 5.41) is 11.0. The number of aryl methyl sites for hydroxylation is 1. The van der Waals surface area contributed by atoms with Crippen molar-refractivity contribution in [2.75, 3.05) is 12.4 Å². The number of methoxy groups -OCH3 is 1. The number of H-pyrrole nitrogens is 1. The number of rotatable bonds is 4. The van der Waals surface area contributed by atoms with Crippen molar-refractivity contribution in [1.82, 2.24) is 25.1 Å². The summed E-state index contributed by atoms with van der Waals surface area (Å²) in [5.74, 6) is 1.37. The van der Waals surface area contributed by atoms with Gasteiger partial charge >= 0.3 is 6.01 Å². The molecule has 1 aromatic carbocycles. The van der Waals surface area contributed by atoms with Crippen molar-refractivity contribution in [1.29, 1.82) is 0 Å². The molecule has 24 heavy (non-hydrogen) atoms. The Morgan fingerprint density at radius 1 is 1.17 bits per heavy atom. The second kappa shape index (κ2) is 5.65. The van der Waals surface area contributed by atoms with Crippen LogP contribution in [0.4, 0.5) is 12.0 Å². The van der Waals surface area contributed by atoms with Gasteiger partial charge in [0.2, 0.25) is 17.7 Å². The molecular formula is C16H14N6O2. The van der Waals surface area contributed by atoms with Gasteiger partial charge < -0.3 is 14.1 Å². The molecule has 0 fully saturated rings. The number of nitrogens with zero attached hydrogens (tertiary/aromatic N) is 4. The third-order valence-corrected chi connectivity index (χ3v) is 3.59. The maximum atomic E-state index is 5.67. The topological polar surface area (TPSA) is 102 Å². The fraction of sp³-hybridized carbons (Fsp3) is 0.125. The Kier molecular flexibility index (Phi) is 3.34. The van der Waals surface area contributed by atoms with Crippen molar-refractivity contribution >= 4 is 23.0 Å². The highest BCUT2D eigenvalue weighted by atomic mass is 16.5. The lowest BCUT2D eigenvalue weighted by Crippen LogP contribution is -1.92. The van der Waals surface area contributed by atoms with Crippen LogP contribution in [0, 0.1) is 6.92 Å². The van der Waals surface area contributed by atoms with Gasteiger partial charge in [-0.1, -0.05) is 23.3 Å². The molecule has 0 aliphatic heterocycles. The van der Waals surface area contributed by atoms with Crippen LogP contribution in [0.25, 0.3) is 22.5 Å². The molecule has 0 aliphatic rings. The monoisotopic (exact) mass is 322 g/mol. The van der Waals surface area contributed by atoms with Crippen molar-refractivity contribution in [3.63, 3.8) is 0 Å². The molecule has 4 aromatic rings. The summed E-state index contributed by atoms with van der Waals surface area (Å²) < 4.78 is 10.9. The van der Waals surface area contributed by atoms with E-state index in [1.54, 1.807) is 13.3 Å². The lowest BCUT2D eigenvalue weighted by Gasteiger charge is -1.98. The van der Waals surface area contributed by atoms with E-state index in [1.165, 1.54) is 0 Å². The highest BCUT2D eigenvalue weighted by Crippen LogP contribution is 2.26. The van der Waals surface area contributed by atoms with Crippen molar-refractivity contribution in [2.45, 2.75) is 6.92 Å². The summed E-state index contributed by atoms with van der Waals surface area (Å²) in [4.78, 5) is 11.6. The molecule has 8 heteroatoms. The summed E-state index contributed by atoms with van der Waals surface area (Å²) in [7, 11) is 1.55. The van der Waals surface area contributed by atoms with Crippen LogP contribution in [0.2, 0.25) is 0 Å². The SMILES string of the molecule is COc1nccc2[nH]c(Nc3nnc(-c4ccccc4C)o3)nc12. The lowest BCUT2D eigenvalue weighted by molar-refractivity contribution is 0.402. The molecular weight excluding hydrogens is 308 g/mol. The van der Waals surface area contributed by atoms with E-state index in [9.17, 15) is 0 Å². The smallest absolute Gasteiger partial charge is 0.322 e. The van der Waals surface area contributed by atoms with Gasteiger partial charge in [0.25, 0.3) is 0 Å². The van der Waals surface area contributed by atoms with E-state index in [2.05, 4.69) is 30.5 Å². The predicted molar refractivity (Wildman–Crippen MR) is 88.2 cm³/mol. The van der Waals surface area contributed by atoms with Gasteiger partial charge in [-0.05, 0) is 24.6 Å². The number of pyridine rings is 1. The van der Waals surface area contributed by atoms with Crippen LogP contribution < -0.4 is 10.1 Å². The van der Waals surface area contributed by atoms with E-state index in [1.807, 2.05) is 37.3 Å². The first-order chi connectivity index (χ1) is 11.7. The molecule has 0 spiro atoms. The summed E-state index contributed by atoms with van der Waals surface area (Å²) in [6.45, 7) is 1.99. The molecule has 0 atom stereocenters. The Bertz CT molecular complexity index is 1010. The van der Waals surface area contributed by atoms with Crippen LogP contribution in [0.3, 0.4) is 0 Å². The molecule has 0 amide bonds. The fourth-order valence-corrected chi connectivity index (χ4v) is 2.42. The lowest BCUT2D eigenvalue weighted by atomic mass is 10.1. The minimum atomic E-state index is 0.249. The van der Waals surface area contributed by atoms with Gasteiger partial charge in [-0.2, -0.15) is 0 Å². The number of imidazole rings is 1.